The van der Waals surface area contributed by atoms with Crippen molar-refractivity contribution in [3.63, 3.8) is 0 Å². The molecule has 0 spiro atoms. The van der Waals surface area contributed by atoms with Crippen molar-refractivity contribution in [2.45, 2.75) is 36.9 Å². The minimum absolute atomic E-state index is 0.172. The topological polar surface area (TPSA) is 117 Å². The summed E-state index contributed by atoms with van der Waals surface area (Å²) in [6.45, 7) is 0.172. The molecule has 2 N–H and O–H groups in total. The normalized spacial score (nSPS) is 39.1. The van der Waals surface area contributed by atoms with Crippen molar-refractivity contribution >= 4 is 0 Å². The Bertz CT molecular complexity index is 534. The second kappa shape index (κ2) is 5.98. The quantitative estimate of drug-likeness (QED) is 0.476. The molecule has 8 heteroatoms. The third-order valence-corrected chi connectivity index (χ3v) is 3.59. The molecule has 0 amide bonds. The maximum atomic E-state index is 10.1. The van der Waals surface area contributed by atoms with Gasteiger partial charge in [-0.15, -0.1) is 0 Å². The molecular weight excluding hydrogens is 278 g/mol. The first-order chi connectivity index (χ1) is 10.2. The Balaban J connectivity index is 1.76. The summed E-state index contributed by atoms with van der Waals surface area (Å²) in [5.41, 5.74) is 9.25. The number of fused-ring (bicyclic) bond motifs is 1. The van der Waals surface area contributed by atoms with Crippen LogP contribution in [0.5, 0.6) is 0 Å². The third kappa shape index (κ3) is 2.73. The first kappa shape index (κ1) is 14.3. The first-order valence-electron chi connectivity index (χ1n) is 6.58. The summed E-state index contributed by atoms with van der Waals surface area (Å²) in [6.07, 6.45) is -5.67. The second-order valence-electron chi connectivity index (χ2n) is 4.93. The Morgan fingerprint density at radius 1 is 1.14 bits per heavy atom. The van der Waals surface area contributed by atoms with Crippen LogP contribution in [-0.4, -0.2) is 47.5 Å². The van der Waals surface area contributed by atoms with Gasteiger partial charge in [-0.25, -0.2) is 0 Å². The molecule has 8 nitrogen and oxygen atoms in total. The molecule has 0 bridgehead atoms. The van der Waals surface area contributed by atoms with Gasteiger partial charge in [0.05, 0.1) is 6.61 Å². The lowest BCUT2D eigenvalue weighted by Gasteiger charge is -2.45. The molecular formula is C13H15N3O5. The minimum Gasteiger partial charge on any atom is -0.387 e. The van der Waals surface area contributed by atoms with Crippen LogP contribution in [0.3, 0.4) is 0 Å². The standard InChI is InChI=1S/C13H15N3O5/c14-16-15-12-10(18)9(17)11-8(20-12)6-19-13(21-11)7-4-2-1-3-5-7/h1-5,8-13,17-18H,6H2. The monoisotopic (exact) mass is 293 g/mol. The highest BCUT2D eigenvalue weighted by Gasteiger charge is 2.48. The summed E-state index contributed by atoms with van der Waals surface area (Å²) in [4.78, 5) is 2.59. The summed E-state index contributed by atoms with van der Waals surface area (Å²) < 4.78 is 16.7. The van der Waals surface area contributed by atoms with Gasteiger partial charge in [0.1, 0.15) is 24.4 Å². The van der Waals surface area contributed by atoms with E-state index in [4.69, 9.17) is 19.7 Å². The smallest absolute Gasteiger partial charge is 0.184 e. The van der Waals surface area contributed by atoms with Crippen molar-refractivity contribution in [1.82, 2.24) is 0 Å². The van der Waals surface area contributed by atoms with Gasteiger partial charge in [0, 0.05) is 10.5 Å². The summed E-state index contributed by atoms with van der Waals surface area (Å²) in [5, 5.41) is 23.4. The molecule has 1 aromatic rings. The molecule has 112 valence electrons. The number of azide groups is 1. The van der Waals surface area contributed by atoms with Crippen molar-refractivity contribution in [3.8, 4) is 0 Å². The van der Waals surface area contributed by atoms with Gasteiger partial charge in [0.25, 0.3) is 0 Å². The van der Waals surface area contributed by atoms with E-state index in [-0.39, 0.29) is 6.61 Å². The van der Waals surface area contributed by atoms with E-state index in [0.717, 1.165) is 5.56 Å². The summed E-state index contributed by atoms with van der Waals surface area (Å²) >= 11 is 0. The van der Waals surface area contributed by atoms with Crippen LogP contribution in [0.25, 0.3) is 10.4 Å². The lowest BCUT2D eigenvalue weighted by molar-refractivity contribution is -0.327. The fourth-order valence-electron chi connectivity index (χ4n) is 2.52. The largest absolute Gasteiger partial charge is 0.387 e. The number of aliphatic hydroxyl groups excluding tert-OH is 2. The molecule has 2 saturated heterocycles. The van der Waals surface area contributed by atoms with E-state index in [1.807, 2.05) is 30.3 Å². The van der Waals surface area contributed by atoms with E-state index >= 15 is 0 Å². The molecule has 6 atom stereocenters. The van der Waals surface area contributed by atoms with E-state index in [0.29, 0.717) is 0 Å². The van der Waals surface area contributed by atoms with E-state index in [1.54, 1.807) is 0 Å². The summed E-state index contributed by atoms with van der Waals surface area (Å²) in [6, 6.07) is 9.28. The number of hydrogen-bond donors (Lipinski definition) is 2. The van der Waals surface area contributed by atoms with Crippen molar-refractivity contribution in [2.24, 2.45) is 5.11 Å². The van der Waals surface area contributed by atoms with Gasteiger partial charge in [0.2, 0.25) is 0 Å². The molecule has 0 saturated carbocycles. The van der Waals surface area contributed by atoms with Gasteiger partial charge < -0.3 is 24.4 Å². The van der Waals surface area contributed by atoms with Crippen LogP contribution in [-0.2, 0) is 14.2 Å². The zero-order chi connectivity index (χ0) is 14.8. The molecule has 6 unspecified atom stereocenters. The maximum Gasteiger partial charge on any atom is 0.184 e. The van der Waals surface area contributed by atoms with Crippen molar-refractivity contribution < 1.29 is 24.4 Å². The van der Waals surface area contributed by atoms with Crippen LogP contribution < -0.4 is 0 Å². The zero-order valence-electron chi connectivity index (χ0n) is 11.0. The van der Waals surface area contributed by atoms with Gasteiger partial charge in [-0.1, -0.05) is 35.4 Å². The van der Waals surface area contributed by atoms with Crippen molar-refractivity contribution in [1.29, 1.82) is 0 Å². The number of aliphatic hydroxyl groups is 2. The van der Waals surface area contributed by atoms with Crippen molar-refractivity contribution in [2.75, 3.05) is 6.61 Å². The highest BCUT2D eigenvalue weighted by atomic mass is 16.7. The SMILES string of the molecule is [N-]=[N+]=NC1OC2COC(c3ccccc3)OC2C(O)C1O. The molecule has 0 aromatic heterocycles. The number of ether oxygens (including phenoxy) is 3. The Hall–Kier alpha value is -1.67. The minimum atomic E-state index is -1.34. The molecule has 2 aliphatic rings. The Morgan fingerprint density at radius 2 is 1.90 bits per heavy atom. The Morgan fingerprint density at radius 3 is 2.62 bits per heavy atom. The number of hydrogen-bond acceptors (Lipinski definition) is 6. The average molecular weight is 293 g/mol. The van der Waals surface area contributed by atoms with Crippen LogP contribution in [0.2, 0.25) is 0 Å². The third-order valence-electron chi connectivity index (χ3n) is 3.59. The average Bonchev–Trinajstić information content (AvgIpc) is 2.53. The first-order valence-corrected chi connectivity index (χ1v) is 6.58. The van der Waals surface area contributed by atoms with E-state index in [9.17, 15) is 10.2 Å². The zero-order valence-corrected chi connectivity index (χ0v) is 11.0. The van der Waals surface area contributed by atoms with Crippen LogP contribution in [0.15, 0.2) is 35.4 Å². The predicted octanol–water partition coefficient (Wildman–Crippen LogP) is 0.858. The van der Waals surface area contributed by atoms with E-state index < -0.39 is 36.9 Å². The lowest BCUT2D eigenvalue weighted by Crippen LogP contribution is -2.61. The molecule has 0 aliphatic carbocycles. The second-order valence-corrected chi connectivity index (χ2v) is 4.93. The summed E-state index contributed by atoms with van der Waals surface area (Å²) in [5.74, 6) is 0. The van der Waals surface area contributed by atoms with Crippen LogP contribution in [0.1, 0.15) is 11.9 Å². The maximum absolute atomic E-state index is 10.1. The Labute approximate surface area is 120 Å². The molecule has 21 heavy (non-hydrogen) atoms. The fourth-order valence-corrected chi connectivity index (χ4v) is 2.52. The van der Waals surface area contributed by atoms with E-state index in [1.165, 1.54) is 0 Å². The van der Waals surface area contributed by atoms with Gasteiger partial charge in [-0.2, -0.15) is 0 Å². The van der Waals surface area contributed by atoms with Crippen LogP contribution in [0.4, 0.5) is 0 Å². The number of nitrogens with zero attached hydrogens (tertiary/aromatic N) is 3. The van der Waals surface area contributed by atoms with Gasteiger partial charge in [-0.05, 0) is 5.53 Å². The molecule has 2 heterocycles. The molecule has 2 aliphatic heterocycles. The molecule has 2 fully saturated rings. The van der Waals surface area contributed by atoms with Crippen molar-refractivity contribution in [3.05, 3.63) is 46.3 Å². The molecule has 3 rings (SSSR count). The number of rotatable bonds is 2. The number of benzene rings is 1. The Kier molecular flexibility index (Phi) is 4.07. The van der Waals surface area contributed by atoms with Gasteiger partial charge in [-0.3, -0.25) is 0 Å². The highest BCUT2D eigenvalue weighted by molar-refractivity contribution is 5.16. The van der Waals surface area contributed by atoms with Crippen LogP contribution in [0, 0.1) is 0 Å². The molecule has 1 aromatic carbocycles. The van der Waals surface area contributed by atoms with Crippen LogP contribution >= 0.6 is 0 Å². The molecule has 0 radical (unpaired) electrons. The lowest BCUT2D eigenvalue weighted by atomic mass is 9.97. The van der Waals surface area contributed by atoms with Gasteiger partial charge >= 0.3 is 0 Å². The summed E-state index contributed by atoms with van der Waals surface area (Å²) in [7, 11) is 0. The fraction of sp³-hybridized carbons (Fsp3) is 0.538. The van der Waals surface area contributed by atoms with Gasteiger partial charge in [0.15, 0.2) is 12.5 Å². The highest BCUT2D eigenvalue weighted by Crippen LogP contribution is 2.34. The van der Waals surface area contributed by atoms with E-state index in [2.05, 4.69) is 10.0 Å². The predicted molar refractivity (Wildman–Crippen MR) is 69.8 cm³/mol.